The van der Waals surface area contributed by atoms with Crippen LogP contribution in [0.2, 0.25) is 0 Å². The molecule has 0 spiro atoms. The summed E-state index contributed by atoms with van der Waals surface area (Å²) >= 11 is 1.37. The molecule has 1 aromatic carbocycles. The first kappa shape index (κ1) is 14.9. The van der Waals surface area contributed by atoms with E-state index >= 15 is 0 Å². The van der Waals surface area contributed by atoms with Crippen LogP contribution in [0.4, 0.5) is 0 Å². The number of nitrogens with zero attached hydrogens (tertiary/aromatic N) is 2. The summed E-state index contributed by atoms with van der Waals surface area (Å²) in [6, 6.07) is 9.29. The number of ketones is 1. The predicted molar refractivity (Wildman–Crippen MR) is 86.3 cm³/mol. The lowest BCUT2D eigenvalue weighted by Crippen LogP contribution is -2.36. The molecule has 0 saturated carbocycles. The molecule has 1 unspecified atom stereocenters. The number of benzene rings is 1. The van der Waals surface area contributed by atoms with Gasteiger partial charge in [0.25, 0.3) is 5.91 Å². The van der Waals surface area contributed by atoms with Crippen LogP contribution < -0.4 is 0 Å². The highest BCUT2D eigenvalue weighted by atomic mass is 32.1. The van der Waals surface area contributed by atoms with Crippen molar-refractivity contribution in [3.8, 4) is 0 Å². The Morgan fingerprint density at radius 2 is 2.09 bits per heavy atom. The van der Waals surface area contributed by atoms with Gasteiger partial charge in [0.1, 0.15) is 4.88 Å². The van der Waals surface area contributed by atoms with Gasteiger partial charge in [0, 0.05) is 24.6 Å². The molecule has 1 aromatic heterocycles. The molecule has 1 fully saturated rings. The first-order chi connectivity index (χ1) is 10.7. The van der Waals surface area contributed by atoms with Crippen LogP contribution in [0, 0.1) is 6.92 Å². The third-order valence-corrected chi connectivity index (χ3v) is 5.01. The molecule has 0 N–H and O–H groups in total. The van der Waals surface area contributed by atoms with E-state index in [0.717, 1.165) is 30.6 Å². The Labute approximate surface area is 133 Å². The number of carbonyl (C=O) groups is 2. The lowest BCUT2D eigenvalue weighted by atomic mass is 10.0. The molecule has 1 saturated heterocycles. The van der Waals surface area contributed by atoms with Crippen molar-refractivity contribution < 1.29 is 9.59 Å². The minimum atomic E-state index is 0.00158. The third-order valence-electron chi connectivity index (χ3n) is 4.09. The first-order valence-electron chi connectivity index (χ1n) is 7.46. The van der Waals surface area contributed by atoms with Gasteiger partial charge < -0.3 is 4.90 Å². The van der Waals surface area contributed by atoms with Crippen LogP contribution in [-0.2, 0) is 0 Å². The minimum absolute atomic E-state index is 0.00158. The average molecular weight is 314 g/mol. The maximum absolute atomic E-state index is 12.6. The fraction of sp³-hybridized carbons (Fsp3) is 0.353. The third kappa shape index (κ3) is 2.95. The standard InChI is InChI=1S/C17H18N2O2S/c1-12-16(22-11-18-12)17(21)19-9-5-8-14(19)10-15(20)13-6-3-2-4-7-13/h2-4,6-7,11,14H,5,8-10H2,1H3. The predicted octanol–water partition coefficient (Wildman–Crippen LogP) is 3.33. The molecule has 1 atom stereocenters. The molecular weight excluding hydrogens is 296 g/mol. The van der Waals surface area contributed by atoms with E-state index < -0.39 is 0 Å². The largest absolute Gasteiger partial charge is 0.334 e. The second-order valence-electron chi connectivity index (χ2n) is 5.55. The molecular formula is C17H18N2O2S. The molecule has 22 heavy (non-hydrogen) atoms. The van der Waals surface area contributed by atoms with Crippen molar-refractivity contribution in [2.24, 2.45) is 0 Å². The Kier molecular flexibility index (Phi) is 4.34. The highest BCUT2D eigenvalue weighted by Crippen LogP contribution is 2.26. The normalized spacial score (nSPS) is 17.7. The molecule has 0 radical (unpaired) electrons. The van der Waals surface area contributed by atoms with Crippen molar-refractivity contribution >= 4 is 23.0 Å². The summed E-state index contributed by atoms with van der Waals surface area (Å²) in [6.45, 7) is 2.58. The minimum Gasteiger partial charge on any atom is -0.334 e. The molecule has 3 rings (SSSR count). The van der Waals surface area contributed by atoms with Gasteiger partial charge in [-0.25, -0.2) is 4.98 Å². The van der Waals surface area contributed by atoms with E-state index in [1.165, 1.54) is 11.3 Å². The number of likely N-dealkylation sites (tertiary alicyclic amines) is 1. The van der Waals surface area contributed by atoms with Crippen LogP contribution in [0.1, 0.15) is 45.0 Å². The Hall–Kier alpha value is -2.01. The zero-order valence-electron chi connectivity index (χ0n) is 12.5. The lowest BCUT2D eigenvalue weighted by molar-refractivity contribution is 0.0721. The smallest absolute Gasteiger partial charge is 0.266 e. The lowest BCUT2D eigenvalue weighted by Gasteiger charge is -2.24. The number of thiazole rings is 1. The SMILES string of the molecule is Cc1ncsc1C(=O)N1CCCC1CC(=O)c1ccccc1. The summed E-state index contributed by atoms with van der Waals surface area (Å²) in [7, 11) is 0. The van der Waals surface area contributed by atoms with Crippen molar-refractivity contribution in [1.82, 2.24) is 9.88 Å². The fourth-order valence-electron chi connectivity index (χ4n) is 2.91. The van der Waals surface area contributed by atoms with Gasteiger partial charge in [0.15, 0.2) is 5.78 Å². The van der Waals surface area contributed by atoms with Crippen LogP contribution in [0.5, 0.6) is 0 Å². The molecule has 5 heteroatoms. The van der Waals surface area contributed by atoms with E-state index in [0.29, 0.717) is 11.3 Å². The van der Waals surface area contributed by atoms with Crippen molar-refractivity contribution in [3.05, 3.63) is 52.0 Å². The van der Waals surface area contributed by atoms with Crippen molar-refractivity contribution in [2.75, 3.05) is 6.54 Å². The zero-order valence-corrected chi connectivity index (χ0v) is 13.3. The molecule has 0 bridgehead atoms. The first-order valence-corrected chi connectivity index (χ1v) is 8.34. The molecule has 4 nitrogen and oxygen atoms in total. The number of Topliss-reactive ketones (excluding diaryl/α,β-unsaturated/α-hetero) is 1. The molecule has 0 aliphatic carbocycles. The van der Waals surface area contributed by atoms with E-state index in [1.54, 1.807) is 5.51 Å². The summed E-state index contributed by atoms with van der Waals surface area (Å²) in [6.07, 6.45) is 2.24. The Bertz CT molecular complexity index is 681. The van der Waals surface area contributed by atoms with Gasteiger partial charge in [-0.2, -0.15) is 0 Å². The van der Waals surface area contributed by atoms with E-state index in [4.69, 9.17) is 0 Å². The van der Waals surface area contributed by atoms with Crippen LogP contribution in [0.25, 0.3) is 0 Å². The topological polar surface area (TPSA) is 50.3 Å². The van der Waals surface area contributed by atoms with Gasteiger partial charge in [-0.15, -0.1) is 11.3 Å². The van der Waals surface area contributed by atoms with Gasteiger partial charge in [-0.1, -0.05) is 30.3 Å². The van der Waals surface area contributed by atoms with Crippen molar-refractivity contribution in [3.63, 3.8) is 0 Å². The Morgan fingerprint density at radius 3 is 2.77 bits per heavy atom. The number of hydrogen-bond acceptors (Lipinski definition) is 4. The van der Waals surface area contributed by atoms with E-state index in [1.807, 2.05) is 42.2 Å². The van der Waals surface area contributed by atoms with E-state index in [-0.39, 0.29) is 17.7 Å². The Morgan fingerprint density at radius 1 is 1.32 bits per heavy atom. The number of rotatable bonds is 4. The highest BCUT2D eigenvalue weighted by Gasteiger charge is 2.32. The van der Waals surface area contributed by atoms with Gasteiger partial charge in [0.05, 0.1) is 11.2 Å². The van der Waals surface area contributed by atoms with Crippen LogP contribution in [0.15, 0.2) is 35.8 Å². The van der Waals surface area contributed by atoms with Crippen LogP contribution in [-0.4, -0.2) is 34.2 Å². The summed E-state index contributed by atoms with van der Waals surface area (Å²) in [5.74, 6) is 0.120. The van der Waals surface area contributed by atoms with Gasteiger partial charge in [0.2, 0.25) is 0 Å². The maximum atomic E-state index is 12.6. The maximum Gasteiger partial charge on any atom is 0.266 e. The summed E-state index contributed by atoms with van der Waals surface area (Å²) in [4.78, 5) is 31.7. The monoisotopic (exact) mass is 314 g/mol. The van der Waals surface area contributed by atoms with Crippen molar-refractivity contribution in [2.45, 2.75) is 32.2 Å². The molecule has 1 amide bonds. The summed E-state index contributed by atoms with van der Waals surface area (Å²) in [5.41, 5.74) is 3.19. The van der Waals surface area contributed by atoms with Gasteiger partial charge in [-0.05, 0) is 19.8 Å². The van der Waals surface area contributed by atoms with Crippen molar-refractivity contribution in [1.29, 1.82) is 0 Å². The number of amides is 1. The van der Waals surface area contributed by atoms with Crippen LogP contribution in [0.3, 0.4) is 0 Å². The Balaban J connectivity index is 1.72. The molecule has 114 valence electrons. The van der Waals surface area contributed by atoms with E-state index in [2.05, 4.69) is 4.98 Å². The number of hydrogen-bond donors (Lipinski definition) is 0. The fourth-order valence-corrected chi connectivity index (χ4v) is 3.67. The summed E-state index contributed by atoms with van der Waals surface area (Å²) in [5, 5.41) is 0. The summed E-state index contributed by atoms with van der Waals surface area (Å²) < 4.78 is 0. The second-order valence-corrected chi connectivity index (χ2v) is 6.41. The highest BCUT2D eigenvalue weighted by molar-refractivity contribution is 7.11. The average Bonchev–Trinajstić information content (AvgIpc) is 3.16. The van der Waals surface area contributed by atoms with Gasteiger partial charge >= 0.3 is 0 Å². The molecule has 1 aliphatic rings. The molecule has 2 heterocycles. The second kappa shape index (κ2) is 6.40. The zero-order chi connectivity index (χ0) is 15.5. The number of aryl methyl sites for hydroxylation is 1. The molecule has 1 aliphatic heterocycles. The number of carbonyl (C=O) groups excluding carboxylic acids is 2. The van der Waals surface area contributed by atoms with Crippen LogP contribution >= 0.6 is 11.3 Å². The number of aromatic nitrogens is 1. The molecule has 2 aromatic rings. The van der Waals surface area contributed by atoms with E-state index in [9.17, 15) is 9.59 Å². The van der Waals surface area contributed by atoms with Gasteiger partial charge in [-0.3, -0.25) is 9.59 Å². The quantitative estimate of drug-likeness (QED) is 0.813.